The van der Waals surface area contributed by atoms with E-state index in [1.54, 1.807) is 29.3 Å². The highest BCUT2D eigenvalue weighted by molar-refractivity contribution is 5.93. The number of anilines is 1. The van der Waals surface area contributed by atoms with E-state index >= 15 is 0 Å². The van der Waals surface area contributed by atoms with Gasteiger partial charge in [0.2, 0.25) is 0 Å². The maximum atomic E-state index is 11.3. The highest BCUT2D eigenvalue weighted by atomic mass is 16.5. The summed E-state index contributed by atoms with van der Waals surface area (Å²) in [6, 6.07) is 6.57. The van der Waals surface area contributed by atoms with Crippen molar-refractivity contribution in [3.63, 3.8) is 0 Å². The predicted octanol–water partition coefficient (Wildman–Crippen LogP) is 2.93. The van der Waals surface area contributed by atoms with E-state index in [9.17, 15) is 4.79 Å². The fourth-order valence-electron chi connectivity index (χ4n) is 3.56. The van der Waals surface area contributed by atoms with E-state index in [1.807, 2.05) is 38.4 Å². The van der Waals surface area contributed by atoms with Gasteiger partial charge in [-0.05, 0) is 25.1 Å². The lowest BCUT2D eigenvalue weighted by molar-refractivity contribution is 0.224. The number of nitrogens with zero attached hydrogens (tertiary/aromatic N) is 6. The number of nitrogens with one attached hydrogen (secondary N) is 2. The summed E-state index contributed by atoms with van der Waals surface area (Å²) in [4.78, 5) is 24.5. The van der Waals surface area contributed by atoms with E-state index in [2.05, 4.69) is 35.6 Å². The highest BCUT2D eigenvalue weighted by Crippen LogP contribution is 2.32. The fourth-order valence-corrected chi connectivity index (χ4v) is 3.56. The Morgan fingerprint density at radius 2 is 2.09 bits per heavy atom. The Morgan fingerprint density at radius 3 is 2.88 bits per heavy atom. The first kappa shape index (κ1) is 19.4. The molecule has 0 bridgehead atoms. The van der Waals surface area contributed by atoms with Crippen molar-refractivity contribution in [2.75, 3.05) is 5.32 Å². The van der Waals surface area contributed by atoms with Crippen LogP contribution in [0.15, 0.2) is 49.1 Å². The van der Waals surface area contributed by atoms with Crippen LogP contribution in [-0.4, -0.2) is 41.0 Å². The van der Waals surface area contributed by atoms with Gasteiger partial charge in [-0.15, -0.1) is 0 Å². The van der Waals surface area contributed by atoms with Crippen LogP contribution in [0.2, 0.25) is 0 Å². The zero-order valence-corrected chi connectivity index (χ0v) is 17.3. The second-order valence-electron chi connectivity index (χ2n) is 7.25. The summed E-state index contributed by atoms with van der Waals surface area (Å²) in [7, 11) is 1.86. The number of ether oxygens (including phenoxy) is 1. The zero-order valence-electron chi connectivity index (χ0n) is 17.3. The summed E-state index contributed by atoms with van der Waals surface area (Å²) in [5, 5.41) is 15.1. The number of amides is 2. The Morgan fingerprint density at radius 1 is 1.25 bits per heavy atom. The molecule has 160 valence electrons. The lowest BCUT2D eigenvalue weighted by atomic mass is 10.1. The molecule has 0 aliphatic heterocycles. The zero-order chi connectivity index (χ0) is 22.2. The molecule has 0 radical (unpaired) electrons. The van der Waals surface area contributed by atoms with E-state index in [4.69, 9.17) is 10.5 Å². The largest absolute Gasteiger partial charge is 0.484 e. The SMILES string of the molecule is CC(Oc1ccc2[nH]nc(-c3cnn(C)c3)c2c1)c1nc(NC(N)=O)cc2nccnc12. The first-order chi connectivity index (χ1) is 15.5. The van der Waals surface area contributed by atoms with E-state index in [-0.39, 0.29) is 5.82 Å². The Labute approximate surface area is 181 Å². The monoisotopic (exact) mass is 429 g/mol. The van der Waals surface area contributed by atoms with Crippen LogP contribution in [0.25, 0.3) is 33.2 Å². The molecular weight excluding hydrogens is 410 g/mol. The molecule has 5 rings (SSSR count). The number of benzene rings is 1. The summed E-state index contributed by atoms with van der Waals surface area (Å²) >= 11 is 0. The van der Waals surface area contributed by atoms with Crippen LogP contribution in [0.5, 0.6) is 5.75 Å². The molecule has 0 saturated heterocycles. The molecular formula is C21H19N9O2. The van der Waals surface area contributed by atoms with Crippen molar-refractivity contribution in [2.45, 2.75) is 13.0 Å². The molecule has 4 N–H and O–H groups in total. The smallest absolute Gasteiger partial charge is 0.317 e. The van der Waals surface area contributed by atoms with Gasteiger partial charge in [-0.1, -0.05) is 0 Å². The van der Waals surface area contributed by atoms with Crippen molar-refractivity contribution >= 4 is 33.8 Å². The van der Waals surface area contributed by atoms with Crippen molar-refractivity contribution in [2.24, 2.45) is 12.8 Å². The van der Waals surface area contributed by atoms with Gasteiger partial charge in [0.15, 0.2) is 0 Å². The number of urea groups is 1. The van der Waals surface area contributed by atoms with Crippen LogP contribution in [-0.2, 0) is 7.05 Å². The molecule has 4 heterocycles. The number of aromatic nitrogens is 7. The molecule has 11 nitrogen and oxygen atoms in total. The van der Waals surface area contributed by atoms with Crippen LogP contribution in [0.1, 0.15) is 18.7 Å². The number of nitrogens with two attached hydrogens (primary N) is 1. The Kier molecular flexibility index (Phi) is 4.62. The van der Waals surface area contributed by atoms with Crippen molar-refractivity contribution in [1.29, 1.82) is 0 Å². The molecule has 11 heteroatoms. The van der Waals surface area contributed by atoms with Crippen LogP contribution < -0.4 is 15.8 Å². The summed E-state index contributed by atoms with van der Waals surface area (Å²) < 4.78 is 7.93. The van der Waals surface area contributed by atoms with E-state index < -0.39 is 12.1 Å². The quantitative estimate of drug-likeness (QED) is 0.389. The standard InChI is InChI=1S/C21H19N9O2/c1-11(18-20-16(23-5-6-24-20)8-17(26-18)27-21(22)31)32-13-3-4-15-14(7-13)19(29-28-15)12-9-25-30(2)10-12/h3-11H,1-2H3,(H,28,29)(H3,22,26,27,31). The Bertz CT molecular complexity index is 1460. The number of carbonyl (C=O) groups is 1. The molecule has 0 spiro atoms. The minimum atomic E-state index is -0.714. The van der Waals surface area contributed by atoms with Gasteiger partial charge in [0, 0.05) is 42.7 Å². The lowest BCUT2D eigenvalue weighted by Crippen LogP contribution is -2.21. The average molecular weight is 429 g/mol. The first-order valence-corrected chi connectivity index (χ1v) is 9.80. The lowest BCUT2D eigenvalue weighted by Gasteiger charge is -2.17. The predicted molar refractivity (Wildman–Crippen MR) is 118 cm³/mol. The minimum absolute atomic E-state index is 0.278. The molecule has 1 atom stereocenters. The van der Waals surface area contributed by atoms with Crippen LogP contribution in [0, 0.1) is 0 Å². The van der Waals surface area contributed by atoms with Gasteiger partial charge in [0.25, 0.3) is 0 Å². The fraction of sp³-hybridized carbons (Fsp3) is 0.143. The van der Waals surface area contributed by atoms with Crippen molar-refractivity contribution in [1.82, 2.24) is 34.9 Å². The third-order valence-corrected chi connectivity index (χ3v) is 4.95. The molecule has 2 amide bonds. The number of aromatic amines is 1. The van der Waals surface area contributed by atoms with Crippen molar-refractivity contribution < 1.29 is 9.53 Å². The molecule has 0 fully saturated rings. The summed E-state index contributed by atoms with van der Waals surface area (Å²) in [6.07, 6.45) is 6.32. The molecule has 0 aliphatic carbocycles. The maximum Gasteiger partial charge on any atom is 0.317 e. The average Bonchev–Trinajstić information content (AvgIpc) is 3.38. The molecule has 0 saturated carbocycles. The second-order valence-corrected chi connectivity index (χ2v) is 7.25. The van der Waals surface area contributed by atoms with Gasteiger partial charge in [-0.25, -0.2) is 9.78 Å². The van der Waals surface area contributed by atoms with Gasteiger partial charge in [0.1, 0.15) is 34.6 Å². The molecule has 4 aromatic heterocycles. The number of hydrogen-bond acceptors (Lipinski definition) is 7. The second kappa shape index (κ2) is 7.61. The van der Waals surface area contributed by atoms with E-state index in [0.29, 0.717) is 22.5 Å². The topological polar surface area (TPSA) is 150 Å². The number of aryl methyl sites for hydroxylation is 1. The number of primary amides is 1. The normalized spacial score (nSPS) is 12.2. The number of carbonyl (C=O) groups excluding carboxylic acids is 1. The number of pyridine rings is 1. The van der Waals surface area contributed by atoms with E-state index in [0.717, 1.165) is 22.2 Å². The molecule has 32 heavy (non-hydrogen) atoms. The summed E-state index contributed by atoms with van der Waals surface area (Å²) in [6.45, 7) is 1.85. The van der Waals surface area contributed by atoms with Crippen LogP contribution in [0.4, 0.5) is 10.6 Å². The maximum absolute atomic E-state index is 11.3. The highest BCUT2D eigenvalue weighted by Gasteiger charge is 2.18. The van der Waals surface area contributed by atoms with Crippen molar-refractivity contribution in [3.8, 4) is 17.0 Å². The third-order valence-electron chi connectivity index (χ3n) is 4.95. The van der Waals surface area contributed by atoms with Crippen LogP contribution in [0.3, 0.4) is 0 Å². The molecule has 1 unspecified atom stereocenters. The van der Waals surface area contributed by atoms with Crippen LogP contribution >= 0.6 is 0 Å². The van der Waals surface area contributed by atoms with Gasteiger partial charge in [-0.3, -0.25) is 25.1 Å². The van der Waals surface area contributed by atoms with E-state index in [1.165, 1.54) is 0 Å². The van der Waals surface area contributed by atoms with Crippen molar-refractivity contribution in [3.05, 3.63) is 54.7 Å². The first-order valence-electron chi connectivity index (χ1n) is 9.80. The Hall–Kier alpha value is -4.54. The van der Waals surface area contributed by atoms with Gasteiger partial charge in [-0.2, -0.15) is 10.2 Å². The summed E-state index contributed by atoms with van der Waals surface area (Å²) in [5.41, 5.74) is 9.49. The number of H-pyrrole nitrogens is 1. The van der Waals surface area contributed by atoms with Gasteiger partial charge < -0.3 is 10.5 Å². The number of fused-ring (bicyclic) bond motifs is 2. The Balaban J connectivity index is 1.51. The molecule has 1 aromatic carbocycles. The van der Waals surface area contributed by atoms with Gasteiger partial charge >= 0.3 is 6.03 Å². The molecule has 5 aromatic rings. The number of hydrogen-bond donors (Lipinski definition) is 3. The van der Waals surface area contributed by atoms with Gasteiger partial charge in [0.05, 0.1) is 17.2 Å². The summed E-state index contributed by atoms with van der Waals surface area (Å²) in [5.74, 6) is 0.906. The number of rotatable bonds is 5. The molecule has 0 aliphatic rings. The third kappa shape index (κ3) is 3.55. The minimum Gasteiger partial charge on any atom is -0.484 e.